The van der Waals surface area contributed by atoms with E-state index < -0.39 is 4.92 Å². The Hall–Kier alpha value is -1.17. The van der Waals surface area contributed by atoms with Crippen molar-refractivity contribution >= 4 is 17.3 Å². The molecule has 3 rings (SSSR count). The van der Waals surface area contributed by atoms with Crippen LogP contribution in [-0.2, 0) is 6.54 Å². The zero-order valence-corrected chi connectivity index (χ0v) is 12.0. The summed E-state index contributed by atoms with van der Waals surface area (Å²) in [6.07, 6.45) is 2.49. The highest BCUT2D eigenvalue weighted by Gasteiger charge is 2.40. The van der Waals surface area contributed by atoms with Gasteiger partial charge in [0.1, 0.15) is 5.02 Å². The summed E-state index contributed by atoms with van der Waals surface area (Å²) in [7, 11) is 0. The molecule has 0 aromatic heterocycles. The van der Waals surface area contributed by atoms with Crippen LogP contribution >= 0.6 is 11.6 Å². The second-order valence-corrected chi connectivity index (χ2v) is 6.34. The van der Waals surface area contributed by atoms with Gasteiger partial charge in [0.2, 0.25) is 0 Å². The number of nitro groups is 1. The van der Waals surface area contributed by atoms with Gasteiger partial charge >= 0.3 is 0 Å². The third-order valence-corrected chi connectivity index (χ3v) is 4.77. The molecule has 0 aliphatic carbocycles. The standard InChI is InChI=1S/C14H18ClN3O2/c15-12-7-11(1-2-13(12)18(19)20)8-17-6-4-14(10-17)3-5-16-9-14/h1-2,7,16H,3-6,8-10H2. The molecule has 0 amide bonds. The van der Waals surface area contributed by atoms with E-state index in [1.165, 1.54) is 18.9 Å². The number of nitrogens with zero attached hydrogens (tertiary/aromatic N) is 2. The molecule has 20 heavy (non-hydrogen) atoms. The van der Waals surface area contributed by atoms with E-state index in [1.807, 2.05) is 6.07 Å². The Bertz CT molecular complexity index is 529. The maximum Gasteiger partial charge on any atom is 0.287 e. The second-order valence-electron chi connectivity index (χ2n) is 5.93. The van der Waals surface area contributed by atoms with Crippen LogP contribution in [0, 0.1) is 15.5 Å². The molecule has 108 valence electrons. The van der Waals surface area contributed by atoms with Crippen LogP contribution < -0.4 is 5.32 Å². The number of nitro benzene ring substituents is 1. The predicted molar refractivity (Wildman–Crippen MR) is 77.9 cm³/mol. The molecule has 0 bridgehead atoms. The molecule has 0 radical (unpaired) electrons. The summed E-state index contributed by atoms with van der Waals surface area (Å²) >= 11 is 5.96. The van der Waals surface area contributed by atoms with Gasteiger partial charge in [0, 0.05) is 25.7 Å². The Morgan fingerprint density at radius 1 is 1.45 bits per heavy atom. The van der Waals surface area contributed by atoms with Gasteiger partial charge in [-0.2, -0.15) is 0 Å². The van der Waals surface area contributed by atoms with Gasteiger partial charge in [-0.25, -0.2) is 0 Å². The minimum atomic E-state index is -0.443. The first-order chi connectivity index (χ1) is 9.58. The molecule has 1 atom stereocenters. The van der Waals surface area contributed by atoms with Crippen molar-refractivity contribution in [3.63, 3.8) is 0 Å². The zero-order chi connectivity index (χ0) is 14.2. The molecule has 1 spiro atoms. The van der Waals surface area contributed by atoms with Crippen LogP contribution in [-0.4, -0.2) is 36.0 Å². The van der Waals surface area contributed by atoms with Crippen molar-refractivity contribution in [2.75, 3.05) is 26.2 Å². The van der Waals surface area contributed by atoms with Crippen LogP contribution in [0.15, 0.2) is 18.2 Å². The summed E-state index contributed by atoms with van der Waals surface area (Å²) in [4.78, 5) is 12.7. The number of rotatable bonds is 3. The van der Waals surface area contributed by atoms with Crippen molar-refractivity contribution in [1.82, 2.24) is 10.2 Å². The van der Waals surface area contributed by atoms with E-state index in [2.05, 4.69) is 10.2 Å². The Balaban J connectivity index is 1.67. The molecule has 6 heteroatoms. The molecule has 2 saturated heterocycles. The summed E-state index contributed by atoms with van der Waals surface area (Å²) in [5, 5.41) is 14.4. The molecule has 2 aliphatic heterocycles. The predicted octanol–water partition coefficient (Wildman–Crippen LogP) is 2.43. The lowest BCUT2D eigenvalue weighted by atomic mass is 9.86. The zero-order valence-electron chi connectivity index (χ0n) is 11.3. The van der Waals surface area contributed by atoms with Gasteiger partial charge in [-0.3, -0.25) is 15.0 Å². The van der Waals surface area contributed by atoms with Crippen molar-refractivity contribution in [3.8, 4) is 0 Å². The summed E-state index contributed by atoms with van der Waals surface area (Å²) < 4.78 is 0. The molecule has 2 heterocycles. The number of nitrogens with one attached hydrogen (secondary N) is 1. The number of benzene rings is 1. The highest BCUT2D eigenvalue weighted by atomic mass is 35.5. The number of hydrogen-bond donors (Lipinski definition) is 1. The lowest BCUT2D eigenvalue weighted by Crippen LogP contribution is -2.28. The number of likely N-dealkylation sites (tertiary alicyclic amines) is 1. The molecule has 2 fully saturated rings. The van der Waals surface area contributed by atoms with E-state index in [1.54, 1.807) is 6.07 Å². The Morgan fingerprint density at radius 3 is 2.95 bits per heavy atom. The minimum Gasteiger partial charge on any atom is -0.316 e. The van der Waals surface area contributed by atoms with Gasteiger partial charge in [-0.15, -0.1) is 0 Å². The van der Waals surface area contributed by atoms with Crippen LogP contribution in [0.4, 0.5) is 5.69 Å². The average Bonchev–Trinajstić information content (AvgIpc) is 3.00. The summed E-state index contributed by atoms with van der Waals surface area (Å²) in [6, 6.07) is 5.03. The number of halogens is 1. The van der Waals surface area contributed by atoms with E-state index >= 15 is 0 Å². The topological polar surface area (TPSA) is 58.4 Å². The van der Waals surface area contributed by atoms with Gasteiger partial charge < -0.3 is 5.32 Å². The second kappa shape index (κ2) is 5.31. The molecule has 1 aromatic rings. The van der Waals surface area contributed by atoms with Crippen molar-refractivity contribution in [2.24, 2.45) is 5.41 Å². The third kappa shape index (κ3) is 2.66. The average molecular weight is 296 g/mol. The SMILES string of the molecule is O=[N+]([O-])c1ccc(CN2CCC3(CCNC3)C2)cc1Cl. The fraction of sp³-hybridized carbons (Fsp3) is 0.571. The summed E-state index contributed by atoms with van der Waals surface area (Å²) in [5.41, 5.74) is 1.47. The van der Waals surface area contributed by atoms with Crippen LogP contribution in [0.1, 0.15) is 18.4 Å². The number of hydrogen-bond acceptors (Lipinski definition) is 4. The molecule has 5 nitrogen and oxygen atoms in total. The molecule has 1 unspecified atom stereocenters. The lowest BCUT2D eigenvalue weighted by molar-refractivity contribution is -0.384. The van der Waals surface area contributed by atoms with E-state index in [-0.39, 0.29) is 10.7 Å². The van der Waals surface area contributed by atoms with Crippen molar-refractivity contribution in [2.45, 2.75) is 19.4 Å². The van der Waals surface area contributed by atoms with Gasteiger partial charge in [-0.05, 0) is 43.0 Å². The molecular formula is C14H18ClN3O2. The van der Waals surface area contributed by atoms with Crippen LogP contribution in [0.2, 0.25) is 5.02 Å². The Kier molecular flexibility index (Phi) is 3.67. The Labute approximate surface area is 123 Å². The molecule has 0 saturated carbocycles. The lowest BCUT2D eigenvalue weighted by Gasteiger charge is -2.22. The van der Waals surface area contributed by atoms with Crippen molar-refractivity contribution in [1.29, 1.82) is 0 Å². The first-order valence-electron chi connectivity index (χ1n) is 6.94. The first-order valence-corrected chi connectivity index (χ1v) is 7.32. The third-order valence-electron chi connectivity index (χ3n) is 4.46. The van der Waals surface area contributed by atoms with E-state index in [0.717, 1.165) is 38.3 Å². The smallest absolute Gasteiger partial charge is 0.287 e. The normalized spacial score (nSPS) is 26.4. The van der Waals surface area contributed by atoms with Crippen LogP contribution in [0.5, 0.6) is 0 Å². The first kappa shape index (κ1) is 13.8. The van der Waals surface area contributed by atoms with Gasteiger partial charge in [0.05, 0.1) is 4.92 Å². The summed E-state index contributed by atoms with van der Waals surface area (Å²) in [6.45, 7) is 5.26. The highest BCUT2D eigenvalue weighted by molar-refractivity contribution is 6.32. The van der Waals surface area contributed by atoms with Crippen LogP contribution in [0.3, 0.4) is 0 Å². The van der Waals surface area contributed by atoms with E-state index in [4.69, 9.17) is 11.6 Å². The minimum absolute atomic E-state index is 0.0201. The molecule has 2 aliphatic rings. The van der Waals surface area contributed by atoms with E-state index in [9.17, 15) is 10.1 Å². The molecule has 1 aromatic carbocycles. The molecule has 1 N–H and O–H groups in total. The maximum atomic E-state index is 10.8. The molecular weight excluding hydrogens is 278 g/mol. The van der Waals surface area contributed by atoms with Crippen molar-refractivity contribution in [3.05, 3.63) is 38.9 Å². The highest BCUT2D eigenvalue weighted by Crippen LogP contribution is 2.36. The van der Waals surface area contributed by atoms with E-state index in [0.29, 0.717) is 5.41 Å². The fourth-order valence-corrected chi connectivity index (χ4v) is 3.63. The van der Waals surface area contributed by atoms with Gasteiger partial charge in [0.25, 0.3) is 5.69 Å². The Morgan fingerprint density at radius 2 is 2.30 bits per heavy atom. The quantitative estimate of drug-likeness (QED) is 0.687. The summed E-state index contributed by atoms with van der Waals surface area (Å²) in [5.74, 6) is 0. The van der Waals surface area contributed by atoms with Crippen molar-refractivity contribution < 1.29 is 4.92 Å². The monoisotopic (exact) mass is 295 g/mol. The fourth-order valence-electron chi connectivity index (χ4n) is 3.36. The van der Waals surface area contributed by atoms with Crippen LogP contribution in [0.25, 0.3) is 0 Å². The largest absolute Gasteiger partial charge is 0.316 e. The van der Waals surface area contributed by atoms with Gasteiger partial charge in [0.15, 0.2) is 0 Å². The van der Waals surface area contributed by atoms with Gasteiger partial charge in [-0.1, -0.05) is 17.7 Å². The maximum absolute atomic E-state index is 10.8.